The maximum atomic E-state index is 12.3. The van der Waals surface area contributed by atoms with Gasteiger partial charge in [0.15, 0.2) is 0 Å². The largest absolute Gasteiger partial charge is 0.495 e. The van der Waals surface area contributed by atoms with E-state index in [1.165, 1.54) is 25.7 Å². The highest BCUT2D eigenvalue weighted by Gasteiger charge is 2.21. The van der Waals surface area contributed by atoms with Gasteiger partial charge in [-0.1, -0.05) is 25.4 Å². The quantitative estimate of drug-likeness (QED) is 0.745. The third-order valence-electron chi connectivity index (χ3n) is 4.32. The minimum Gasteiger partial charge on any atom is -0.495 e. The van der Waals surface area contributed by atoms with Gasteiger partial charge in [0.05, 0.1) is 17.0 Å². The summed E-state index contributed by atoms with van der Waals surface area (Å²) in [7, 11) is -2.04. The Morgan fingerprint density at radius 1 is 1.29 bits per heavy atom. The molecule has 136 valence electrons. The minimum atomic E-state index is -3.54. The first-order chi connectivity index (χ1) is 11.3. The molecule has 0 spiro atoms. The molecule has 1 aliphatic rings. The van der Waals surface area contributed by atoms with Crippen molar-refractivity contribution in [2.75, 3.05) is 33.3 Å². The van der Waals surface area contributed by atoms with Crippen molar-refractivity contribution in [3.05, 3.63) is 23.2 Å². The molecule has 0 amide bonds. The van der Waals surface area contributed by atoms with Crippen LogP contribution in [0.2, 0.25) is 5.02 Å². The molecule has 1 aromatic rings. The van der Waals surface area contributed by atoms with E-state index in [1.807, 2.05) is 0 Å². The van der Waals surface area contributed by atoms with Crippen LogP contribution in [0.4, 0.5) is 0 Å². The third kappa shape index (κ3) is 5.34. The summed E-state index contributed by atoms with van der Waals surface area (Å²) in [5, 5.41) is 0.289. The van der Waals surface area contributed by atoms with Crippen LogP contribution < -0.4 is 9.46 Å². The van der Waals surface area contributed by atoms with E-state index in [0.29, 0.717) is 24.1 Å². The molecule has 0 radical (unpaired) electrons. The lowest BCUT2D eigenvalue weighted by Crippen LogP contribution is -2.40. The first-order valence-corrected chi connectivity index (χ1v) is 10.2. The van der Waals surface area contributed by atoms with Gasteiger partial charge < -0.3 is 9.64 Å². The summed E-state index contributed by atoms with van der Waals surface area (Å²) in [6, 6.07) is 4.48. The molecule has 0 bridgehead atoms. The summed E-state index contributed by atoms with van der Waals surface area (Å²) < 4.78 is 32.3. The van der Waals surface area contributed by atoms with Crippen molar-refractivity contribution in [2.24, 2.45) is 11.8 Å². The number of piperidine rings is 1. The Balaban J connectivity index is 1.83. The Morgan fingerprint density at radius 2 is 1.96 bits per heavy atom. The van der Waals surface area contributed by atoms with Gasteiger partial charge in [-0.3, -0.25) is 0 Å². The smallest absolute Gasteiger partial charge is 0.240 e. The van der Waals surface area contributed by atoms with Crippen molar-refractivity contribution in [3.63, 3.8) is 0 Å². The molecule has 1 aromatic carbocycles. The molecule has 1 aliphatic heterocycles. The first kappa shape index (κ1) is 19.5. The lowest BCUT2D eigenvalue weighted by atomic mass is 9.92. The van der Waals surface area contributed by atoms with Crippen LogP contribution >= 0.6 is 11.6 Å². The molecule has 0 unspecified atom stereocenters. The number of sulfonamides is 1. The van der Waals surface area contributed by atoms with Gasteiger partial charge in [-0.05, 0) is 49.4 Å². The number of hydrogen-bond donors (Lipinski definition) is 1. The van der Waals surface area contributed by atoms with Crippen molar-refractivity contribution >= 4 is 21.6 Å². The van der Waals surface area contributed by atoms with Gasteiger partial charge in [0.1, 0.15) is 5.75 Å². The molecule has 0 aliphatic carbocycles. The zero-order chi connectivity index (χ0) is 17.7. The lowest BCUT2D eigenvalue weighted by Gasteiger charge is -2.34. The highest BCUT2D eigenvalue weighted by atomic mass is 35.5. The third-order valence-corrected chi connectivity index (χ3v) is 6.08. The SMILES string of the molecule is COc1ccc(S(=O)(=O)NCCCN2C[C@H](C)C[C@H](C)C2)cc1Cl. The van der Waals surface area contributed by atoms with Crippen molar-refractivity contribution in [2.45, 2.75) is 31.6 Å². The van der Waals surface area contributed by atoms with E-state index < -0.39 is 10.0 Å². The summed E-state index contributed by atoms with van der Waals surface area (Å²) >= 11 is 6.00. The number of halogens is 1. The van der Waals surface area contributed by atoms with Crippen LogP contribution in [-0.2, 0) is 10.0 Å². The Bertz CT molecular complexity index is 641. The summed E-state index contributed by atoms with van der Waals surface area (Å²) in [6.45, 7) is 8.10. The first-order valence-electron chi connectivity index (χ1n) is 8.37. The van der Waals surface area contributed by atoms with E-state index in [1.54, 1.807) is 6.07 Å². The van der Waals surface area contributed by atoms with Crippen molar-refractivity contribution < 1.29 is 13.2 Å². The fraction of sp³-hybridized carbons (Fsp3) is 0.647. The molecule has 0 aromatic heterocycles. The summed E-state index contributed by atoms with van der Waals surface area (Å²) in [4.78, 5) is 2.59. The van der Waals surface area contributed by atoms with E-state index in [4.69, 9.17) is 16.3 Å². The zero-order valence-corrected chi connectivity index (χ0v) is 16.2. The van der Waals surface area contributed by atoms with Crippen LogP contribution in [0.15, 0.2) is 23.1 Å². The van der Waals surface area contributed by atoms with Crippen LogP contribution in [0.5, 0.6) is 5.75 Å². The maximum Gasteiger partial charge on any atom is 0.240 e. The maximum absolute atomic E-state index is 12.3. The zero-order valence-electron chi connectivity index (χ0n) is 14.6. The Morgan fingerprint density at radius 3 is 2.54 bits per heavy atom. The lowest BCUT2D eigenvalue weighted by molar-refractivity contribution is 0.140. The molecule has 7 heteroatoms. The van der Waals surface area contributed by atoms with Crippen molar-refractivity contribution in [1.29, 1.82) is 0 Å². The van der Waals surface area contributed by atoms with E-state index in [-0.39, 0.29) is 9.92 Å². The van der Waals surface area contributed by atoms with Crippen LogP contribution in [0.1, 0.15) is 26.7 Å². The highest BCUT2D eigenvalue weighted by molar-refractivity contribution is 7.89. The molecule has 1 N–H and O–H groups in total. The monoisotopic (exact) mass is 374 g/mol. The fourth-order valence-electron chi connectivity index (χ4n) is 3.38. The molecule has 1 fully saturated rings. The van der Waals surface area contributed by atoms with Gasteiger partial charge in [0.2, 0.25) is 10.0 Å². The fourth-order valence-corrected chi connectivity index (χ4v) is 4.80. The molecule has 2 rings (SSSR count). The number of ether oxygens (including phenoxy) is 1. The molecule has 24 heavy (non-hydrogen) atoms. The van der Waals surface area contributed by atoms with Gasteiger partial charge in [-0.15, -0.1) is 0 Å². The number of benzene rings is 1. The van der Waals surface area contributed by atoms with E-state index in [0.717, 1.165) is 26.1 Å². The average Bonchev–Trinajstić information content (AvgIpc) is 2.50. The molecule has 5 nitrogen and oxygen atoms in total. The normalized spacial score (nSPS) is 22.5. The number of nitrogens with one attached hydrogen (secondary N) is 1. The standard InChI is InChI=1S/C17H27ClN2O3S/c1-13-9-14(2)12-20(11-13)8-4-7-19-24(21,22)15-5-6-17(23-3)16(18)10-15/h5-6,10,13-14,19H,4,7-9,11-12H2,1-3H3/t13-,14+. The predicted octanol–water partition coefficient (Wildman–Crippen LogP) is 2.99. The molecule has 1 saturated heterocycles. The highest BCUT2D eigenvalue weighted by Crippen LogP contribution is 2.26. The predicted molar refractivity (Wildman–Crippen MR) is 97.2 cm³/mol. The second-order valence-electron chi connectivity index (χ2n) is 6.75. The number of methoxy groups -OCH3 is 1. The van der Waals surface area contributed by atoms with Gasteiger partial charge in [0.25, 0.3) is 0 Å². The number of likely N-dealkylation sites (tertiary alicyclic amines) is 1. The number of hydrogen-bond acceptors (Lipinski definition) is 4. The summed E-state index contributed by atoms with van der Waals surface area (Å²) in [5.74, 6) is 1.89. The van der Waals surface area contributed by atoms with E-state index in [2.05, 4.69) is 23.5 Å². The minimum absolute atomic E-state index is 0.161. The second kappa shape index (κ2) is 8.52. The van der Waals surface area contributed by atoms with Crippen molar-refractivity contribution in [1.82, 2.24) is 9.62 Å². The molecule has 0 saturated carbocycles. The molecular formula is C17H27ClN2O3S. The molecule has 2 atom stereocenters. The van der Waals surface area contributed by atoms with Crippen LogP contribution in [0, 0.1) is 11.8 Å². The summed E-state index contributed by atoms with van der Waals surface area (Å²) in [5.41, 5.74) is 0. The second-order valence-corrected chi connectivity index (χ2v) is 8.93. The molecular weight excluding hydrogens is 348 g/mol. The summed E-state index contributed by atoms with van der Waals surface area (Å²) in [6.07, 6.45) is 2.07. The van der Waals surface area contributed by atoms with Gasteiger partial charge in [0, 0.05) is 19.6 Å². The molecule has 1 heterocycles. The van der Waals surface area contributed by atoms with Crippen LogP contribution in [0.25, 0.3) is 0 Å². The Hall–Kier alpha value is -0.820. The average molecular weight is 375 g/mol. The van der Waals surface area contributed by atoms with Crippen LogP contribution in [-0.4, -0.2) is 46.6 Å². The van der Waals surface area contributed by atoms with Gasteiger partial charge in [-0.2, -0.15) is 0 Å². The van der Waals surface area contributed by atoms with E-state index in [9.17, 15) is 8.42 Å². The van der Waals surface area contributed by atoms with Crippen molar-refractivity contribution in [3.8, 4) is 5.75 Å². The number of rotatable bonds is 7. The van der Waals surface area contributed by atoms with Gasteiger partial charge >= 0.3 is 0 Å². The van der Waals surface area contributed by atoms with Gasteiger partial charge in [-0.25, -0.2) is 13.1 Å². The Labute approximate surface area is 150 Å². The Kier molecular flexibility index (Phi) is 6.92. The van der Waals surface area contributed by atoms with Crippen LogP contribution in [0.3, 0.4) is 0 Å². The van der Waals surface area contributed by atoms with E-state index >= 15 is 0 Å². The topological polar surface area (TPSA) is 58.6 Å². The number of nitrogens with zero attached hydrogens (tertiary/aromatic N) is 1.